The minimum Gasteiger partial charge on any atom is -0.493 e. The second-order valence-corrected chi connectivity index (χ2v) is 5.89. The van der Waals surface area contributed by atoms with Gasteiger partial charge >= 0.3 is 5.97 Å². The summed E-state index contributed by atoms with van der Waals surface area (Å²) in [7, 11) is 2.85. The van der Waals surface area contributed by atoms with Crippen LogP contribution >= 0.6 is 0 Å². The predicted molar refractivity (Wildman–Crippen MR) is 102 cm³/mol. The first-order chi connectivity index (χ1) is 14.0. The van der Waals surface area contributed by atoms with Crippen LogP contribution in [-0.2, 0) is 11.3 Å². The number of ether oxygens (including phenoxy) is 3. The molecule has 0 saturated heterocycles. The Morgan fingerprint density at radius 3 is 2.45 bits per heavy atom. The van der Waals surface area contributed by atoms with Crippen LogP contribution in [0.2, 0.25) is 0 Å². The molecule has 3 rings (SSSR count). The minimum atomic E-state index is -0.732. The van der Waals surface area contributed by atoms with Crippen LogP contribution in [0.4, 0.5) is 10.1 Å². The number of methoxy groups -OCH3 is 2. The molecule has 1 amide bonds. The van der Waals surface area contributed by atoms with E-state index in [-0.39, 0.29) is 29.4 Å². The quantitative estimate of drug-likeness (QED) is 0.604. The normalized spacial score (nSPS) is 10.3. The zero-order valence-electron chi connectivity index (χ0n) is 15.7. The standard InChI is InChI=1S/C21H18FNO6/c1-26-18-10-15(21(25)29-12-13-5-3-6-14(22)9-13)16(11-19(18)27-2)23-20(24)17-7-4-8-28-17/h3-11H,12H2,1-2H3,(H,23,24). The number of rotatable bonds is 7. The topological polar surface area (TPSA) is 87.0 Å². The number of carbonyl (C=O) groups is 2. The van der Waals surface area contributed by atoms with E-state index < -0.39 is 17.7 Å². The summed E-state index contributed by atoms with van der Waals surface area (Å²) in [5.41, 5.74) is 0.673. The lowest BCUT2D eigenvalue weighted by atomic mass is 10.1. The molecule has 1 aromatic heterocycles. The Bertz CT molecular complexity index is 1020. The van der Waals surface area contributed by atoms with E-state index in [2.05, 4.69) is 5.32 Å². The number of benzene rings is 2. The van der Waals surface area contributed by atoms with Gasteiger partial charge in [0, 0.05) is 12.1 Å². The number of amides is 1. The molecule has 150 valence electrons. The third-order valence-electron chi connectivity index (χ3n) is 4.00. The largest absolute Gasteiger partial charge is 0.493 e. The molecule has 0 atom stereocenters. The lowest BCUT2D eigenvalue weighted by molar-refractivity contribution is 0.0473. The Kier molecular flexibility index (Phi) is 6.13. The third-order valence-corrected chi connectivity index (χ3v) is 4.00. The number of hydrogen-bond acceptors (Lipinski definition) is 6. The van der Waals surface area contributed by atoms with Crippen molar-refractivity contribution in [3.05, 3.63) is 77.5 Å². The lowest BCUT2D eigenvalue weighted by Crippen LogP contribution is -2.16. The fourth-order valence-corrected chi connectivity index (χ4v) is 2.60. The first-order valence-electron chi connectivity index (χ1n) is 8.54. The zero-order valence-corrected chi connectivity index (χ0v) is 15.7. The molecule has 0 fully saturated rings. The summed E-state index contributed by atoms with van der Waals surface area (Å²) in [6.07, 6.45) is 1.36. The van der Waals surface area contributed by atoms with Crippen LogP contribution in [0, 0.1) is 5.82 Å². The summed E-state index contributed by atoms with van der Waals surface area (Å²) >= 11 is 0. The fraction of sp³-hybridized carbons (Fsp3) is 0.143. The van der Waals surface area contributed by atoms with Crippen molar-refractivity contribution in [2.75, 3.05) is 19.5 Å². The summed E-state index contributed by atoms with van der Waals surface area (Å²) in [6.45, 7) is -0.142. The van der Waals surface area contributed by atoms with Crippen LogP contribution in [0.1, 0.15) is 26.5 Å². The van der Waals surface area contributed by atoms with Crippen molar-refractivity contribution in [3.8, 4) is 11.5 Å². The number of furan rings is 1. The van der Waals surface area contributed by atoms with E-state index in [9.17, 15) is 14.0 Å². The van der Waals surface area contributed by atoms with Gasteiger partial charge in [-0.25, -0.2) is 9.18 Å². The third kappa shape index (κ3) is 4.73. The van der Waals surface area contributed by atoms with Crippen molar-refractivity contribution in [3.63, 3.8) is 0 Å². The Labute approximate surface area is 166 Å². The van der Waals surface area contributed by atoms with Gasteiger partial charge < -0.3 is 23.9 Å². The monoisotopic (exact) mass is 399 g/mol. The van der Waals surface area contributed by atoms with Crippen LogP contribution in [-0.4, -0.2) is 26.1 Å². The minimum absolute atomic E-state index is 0.0407. The molecule has 8 heteroatoms. The number of halogens is 1. The van der Waals surface area contributed by atoms with Gasteiger partial charge in [-0.05, 0) is 29.8 Å². The lowest BCUT2D eigenvalue weighted by Gasteiger charge is -2.15. The first-order valence-corrected chi connectivity index (χ1v) is 8.54. The molecule has 29 heavy (non-hydrogen) atoms. The maximum Gasteiger partial charge on any atom is 0.340 e. The molecule has 0 unspecified atom stereocenters. The van der Waals surface area contributed by atoms with Crippen LogP contribution < -0.4 is 14.8 Å². The van der Waals surface area contributed by atoms with Crippen LogP contribution in [0.5, 0.6) is 11.5 Å². The maximum absolute atomic E-state index is 13.3. The number of anilines is 1. The molecule has 2 aromatic carbocycles. The molecule has 0 aliphatic carbocycles. The molecular formula is C21H18FNO6. The number of carbonyl (C=O) groups excluding carboxylic acids is 2. The Hall–Kier alpha value is -3.81. The van der Waals surface area contributed by atoms with E-state index in [0.29, 0.717) is 11.3 Å². The van der Waals surface area contributed by atoms with Crippen LogP contribution in [0.15, 0.2) is 59.2 Å². The van der Waals surface area contributed by atoms with Crippen molar-refractivity contribution >= 4 is 17.6 Å². The van der Waals surface area contributed by atoms with E-state index in [1.54, 1.807) is 12.1 Å². The molecule has 3 aromatic rings. The van der Waals surface area contributed by atoms with Crippen molar-refractivity contribution in [1.82, 2.24) is 0 Å². The number of nitrogens with one attached hydrogen (secondary N) is 1. The Balaban J connectivity index is 1.87. The molecule has 1 N–H and O–H groups in total. The van der Waals surface area contributed by atoms with E-state index in [1.807, 2.05) is 0 Å². The van der Waals surface area contributed by atoms with E-state index in [4.69, 9.17) is 18.6 Å². The van der Waals surface area contributed by atoms with Crippen molar-refractivity contribution < 1.29 is 32.6 Å². The summed E-state index contributed by atoms with van der Waals surface area (Å²) < 4.78 is 34.1. The summed E-state index contributed by atoms with van der Waals surface area (Å²) in [5, 5.41) is 2.60. The fourth-order valence-electron chi connectivity index (χ4n) is 2.60. The second-order valence-electron chi connectivity index (χ2n) is 5.89. The molecule has 0 aliphatic rings. The highest BCUT2D eigenvalue weighted by Crippen LogP contribution is 2.34. The van der Waals surface area contributed by atoms with Gasteiger partial charge in [-0.3, -0.25) is 4.79 Å². The van der Waals surface area contributed by atoms with Gasteiger partial charge in [0.15, 0.2) is 17.3 Å². The predicted octanol–water partition coefficient (Wildman–Crippen LogP) is 4.05. The van der Waals surface area contributed by atoms with Crippen molar-refractivity contribution in [2.45, 2.75) is 6.61 Å². The molecule has 0 aliphatic heterocycles. The molecule has 0 spiro atoms. The first kappa shape index (κ1) is 19.9. The summed E-state index contributed by atoms with van der Waals surface area (Å²) in [4.78, 5) is 25.0. The van der Waals surface area contributed by atoms with Gasteiger partial charge in [0.1, 0.15) is 12.4 Å². The highest BCUT2D eigenvalue weighted by Gasteiger charge is 2.21. The van der Waals surface area contributed by atoms with Crippen molar-refractivity contribution in [2.24, 2.45) is 0 Å². The van der Waals surface area contributed by atoms with Gasteiger partial charge in [-0.1, -0.05) is 12.1 Å². The Morgan fingerprint density at radius 2 is 1.79 bits per heavy atom. The molecule has 0 saturated carbocycles. The maximum atomic E-state index is 13.3. The van der Waals surface area contributed by atoms with E-state index in [0.717, 1.165) is 0 Å². The molecule has 0 radical (unpaired) electrons. The molecule has 1 heterocycles. The van der Waals surface area contributed by atoms with Gasteiger partial charge in [-0.15, -0.1) is 0 Å². The Morgan fingerprint density at radius 1 is 1.03 bits per heavy atom. The highest BCUT2D eigenvalue weighted by atomic mass is 19.1. The average Bonchev–Trinajstić information content (AvgIpc) is 3.26. The van der Waals surface area contributed by atoms with Gasteiger partial charge in [0.05, 0.1) is 31.7 Å². The van der Waals surface area contributed by atoms with E-state index in [1.165, 1.54) is 56.9 Å². The summed E-state index contributed by atoms with van der Waals surface area (Å²) in [5.74, 6) is -1.06. The number of hydrogen-bond donors (Lipinski definition) is 1. The van der Waals surface area contributed by atoms with E-state index >= 15 is 0 Å². The molecule has 7 nitrogen and oxygen atoms in total. The average molecular weight is 399 g/mol. The van der Waals surface area contributed by atoms with Crippen LogP contribution in [0.3, 0.4) is 0 Å². The van der Waals surface area contributed by atoms with Crippen molar-refractivity contribution in [1.29, 1.82) is 0 Å². The van der Waals surface area contributed by atoms with Gasteiger partial charge in [0.25, 0.3) is 5.91 Å². The van der Waals surface area contributed by atoms with Gasteiger partial charge in [-0.2, -0.15) is 0 Å². The molecule has 0 bridgehead atoms. The number of esters is 1. The van der Waals surface area contributed by atoms with Gasteiger partial charge in [0.2, 0.25) is 0 Å². The zero-order chi connectivity index (χ0) is 20.8. The second kappa shape index (κ2) is 8.92. The molecular weight excluding hydrogens is 381 g/mol. The SMILES string of the molecule is COc1cc(NC(=O)c2ccco2)c(C(=O)OCc2cccc(F)c2)cc1OC. The van der Waals surface area contributed by atoms with Crippen LogP contribution in [0.25, 0.3) is 0 Å². The summed E-state index contributed by atoms with van der Waals surface area (Å²) in [6, 6.07) is 11.6. The smallest absolute Gasteiger partial charge is 0.340 e. The highest BCUT2D eigenvalue weighted by molar-refractivity contribution is 6.07.